The largest absolute Gasteiger partial charge is 0.308 e. The van der Waals surface area contributed by atoms with Gasteiger partial charge in [0, 0.05) is 31.9 Å². The Morgan fingerprint density at radius 2 is 0.840 bits per heavy atom. The Bertz CT molecular complexity index is 3120. The molecule has 0 amide bonds. The van der Waals surface area contributed by atoms with Gasteiger partial charge in [-0.1, -0.05) is 140 Å². The summed E-state index contributed by atoms with van der Waals surface area (Å²) in [5.74, 6) is 0. The van der Waals surface area contributed by atoms with Crippen LogP contribution >= 0.6 is 11.3 Å². The van der Waals surface area contributed by atoms with Gasteiger partial charge in [-0.15, -0.1) is 11.3 Å². The van der Waals surface area contributed by atoms with Crippen molar-refractivity contribution in [3.05, 3.63) is 176 Å². The van der Waals surface area contributed by atoms with E-state index in [1.807, 2.05) is 11.3 Å². The summed E-state index contributed by atoms with van der Waals surface area (Å²) in [7, 11) is 0. The number of hydrogen-bond acceptors (Lipinski definition) is 1. The second-order valence-corrected chi connectivity index (χ2v) is 14.3. The number of thiophene rings is 1. The lowest BCUT2D eigenvalue weighted by Gasteiger charge is -2.13. The molecule has 0 aliphatic heterocycles. The lowest BCUT2D eigenvalue weighted by atomic mass is 9.91. The molecule has 0 saturated carbocycles. The first-order valence-corrected chi connectivity index (χ1v) is 18.0. The lowest BCUT2D eigenvalue weighted by molar-refractivity contribution is 1.19. The number of benzene rings is 9. The fourth-order valence-corrected chi connectivity index (χ4v) is 9.53. The SMILES string of the molecule is c1cc(-c2cccc(-n3c4ccccc4c4ccc5c6ccccc6sc5c43)c2)cc(-c2ccc3c4ccccc4c4ccccc4c3c2)c1. The number of aromatic nitrogens is 1. The van der Waals surface area contributed by atoms with Gasteiger partial charge in [0.15, 0.2) is 0 Å². The first-order chi connectivity index (χ1) is 24.8. The van der Waals surface area contributed by atoms with Crippen molar-refractivity contribution in [2.45, 2.75) is 0 Å². The van der Waals surface area contributed by atoms with Gasteiger partial charge in [0.2, 0.25) is 0 Å². The van der Waals surface area contributed by atoms with Gasteiger partial charge in [-0.2, -0.15) is 0 Å². The molecule has 50 heavy (non-hydrogen) atoms. The second-order valence-electron chi connectivity index (χ2n) is 13.3. The van der Waals surface area contributed by atoms with Crippen LogP contribution in [-0.2, 0) is 0 Å². The first-order valence-electron chi connectivity index (χ1n) is 17.2. The molecule has 0 aliphatic carbocycles. The Hall–Kier alpha value is -6.22. The average Bonchev–Trinajstić information content (AvgIpc) is 3.74. The molecule has 2 heterocycles. The monoisotopic (exact) mass is 651 g/mol. The molecule has 0 aliphatic rings. The van der Waals surface area contributed by atoms with Gasteiger partial charge >= 0.3 is 0 Å². The normalized spacial score (nSPS) is 12.0. The van der Waals surface area contributed by atoms with Gasteiger partial charge in [0.25, 0.3) is 0 Å². The van der Waals surface area contributed by atoms with Crippen LogP contribution in [0, 0.1) is 0 Å². The van der Waals surface area contributed by atoms with E-state index < -0.39 is 0 Å². The Morgan fingerprint density at radius 1 is 0.320 bits per heavy atom. The number of rotatable bonds is 3. The maximum absolute atomic E-state index is 2.48. The highest BCUT2D eigenvalue weighted by atomic mass is 32.1. The zero-order valence-electron chi connectivity index (χ0n) is 27.1. The van der Waals surface area contributed by atoms with Crippen LogP contribution in [0.5, 0.6) is 0 Å². The van der Waals surface area contributed by atoms with Gasteiger partial charge in [0.1, 0.15) is 0 Å². The van der Waals surface area contributed by atoms with Crippen LogP contribution in [0.15, 0.2) is 176 Å². The van der Waals surface area contributed by atoms with E-state index in [-0.39, 0.29) is 0 Å². The lowest BCUT2D eigenvalue weighted by Crippen LogP contribution is -1.94. The van der Waals surface area contributed by atoms with Crippen LogP contribution < -0.4 is 0 Å². The Kier molecular flexibility index (Phi) is 5.89. The minimum atomic E-state index is 1.17. The van der Waals surface area contributed by atoms with E-state index >= 15 is 0 Å². The third-order valence-corrected chi connectivity index (χ3v) is 11.8. The molecule has 0 radical (unpaired) electrons. The maximum Gasteiger partial charge on any atom is 0.0719 e. The Balaban J connectivity index is 1.08. The number of nitrogens with zero attached hydrogens (tertiary/aromatic N) is 1. The predicted molar refractivity (Wildman–Crippen MR) is 217 cm³/mol. The van der Waals surface area contributed by atoms with E-state index in [1.54, 1.807) is 0 Å². The summed E-state index contributed by atoms with van der Waals surface area (Å²) in [6.07, 6.45) is 0. The van der Waals surface area contributed by atoms with Crippen molar-refractivity contribution in [2.75, 3.05) is 0 Å². The van der Waals surface area contributed by atoms with Crippen molar-refractivity contribution in [2.24, 2.45) is 0 Å². The van der Waals surface area contributed by atoms with E-state index in [1.165, 1.54) is 102 Å². The molecule has 0 unspecified atom stereocenters. The molecular weight excluding hydrogens is 623 g/mol. The van der Waals surface area contributed by atoms with Crippen molar-refractivity contribution >= 4 is 85.6 Å². The first kappa shape index (κ1) is 27.7. The fourth-order valence-electron chi connectivity index (χ4n) is 8.29. The molecule has 9 aromatic carbocycles. The summed E-state index contributed by atoms with van der Waals surface area (Å²) < 4.78 is 5.14. The highest BCUT2D eigenvalue weighted by molar-refractivity contribution is 7.26. The predicted octanol–water partition coefficient (Wildman–Crippen LogP) is 13.9. The zero-order chi connectivity index (χ0) is 32.8. The molecule has 0 spiro atoms. The quantitative estimate of drug-likeness (QED) is 0.168. The topological polar surface area (TPSA) is 4.93 Å². The summed E-state index contributed by atoms with van der Waals surface area (Å²) in [4.78, 5) is 0. The molecule has 1 nitrogen and oxygen atoms in total. The van der Waals surface area contributed by atoms with Crippen molar-refractivity contribution in [1.82, 2.24) is 4.57 Å². The molecule has 11 rings (SSSR count). The van der Waals surface area contributed by atoms with Crippen LogP contribution in [0.2, 0.25) is 0 Å². The molecule has 0 bridgehead atoms. The molecule has 0 N–H and O–H groups in total. The van der Waals surface area contributed by atoms with Gasteiger partial charge < -0.3 is 4.57 Å². The third kappa shape index (κ3) is 4.00. The van der Waals surface area contributed by atoms with Crippen LogP contribution in [0.25, 0.3) is 102 Å². The zero-order valence-corrected chi connectivity index (χ0v) is 27.9. The second kappa shape index (κ2) is 10.6. The average molecular weight is 652 g/mol. The molecular formula is C48H29NS. The molecule has 232 valence electrons. The van der Waals surface area contributed by atoms with Crippen molar-refractivity contribution in [3.63, 3.8) is 0 Å². The highest BCUT2D eigenvalue weighted by Crippen LogP contribution is 2.43. The number of hydrogen-bond donors (Lipinski definition) is 0. The maximum atomic E-state index is 2.48. The van der Waals surface area contributed by atoms with Crippen molar-refractivity contribution < 1.29 is 0 Å². The third-order valence-electron chi connectivity index (χ3n) is 10.6. The van der Waals surface area contributed by atoms with Gasteiger partial charge in [0.05, 0.1) is 15.7 Å². The minimum absolute atomic E-state index is 1.17. The summed E-state index contributed by atoms with van der Waals surface area (Å²) in [5, 5.41) is 13.0. The van der Waals surface area contributed by atoms with Crippen LogP contribution in [0.4, 0.5) is 0 Å². The minimum Gasteiger partial charge on any atom is -0.308 e. The Labute approximate surface area is 292 Å². The van der Waals surface area contributed by atoms with Gasteiger partial charge in [-0.3, -0.25) is 0 Å². The van der Waals surface area contributed by atoms with E-state index in [0.717, 1.165) is 0 Å². The molecule has 0 saturated heterocycles. The van der Waals surface area contributed by atoms with E-state index in [2.05, 4.69) is 180 Å². The molecule has 2 aromatic heterocycles. The highest BCUT2D eigenvalue weighted by Gasteiger charge is 2.18. The van der Waals surface area contributed by atoms with Gasteiger partial charge in [-0.05, 0) is 91.0 Å². The van der Waals surface area contributed by atoms with Crippen LogP contribution in [0.3, 0.4) is 0 Å². The van der Waals surface area contributed by atoms with Crippen LogP contribution in [0.1, 0.15) is 0 Å². The number of para-hydroxylation sites is 1. The smallest absolute Gasteiger partial charge is 0.0719 e. The fraction of sp³-hybridized carbons (Fsp3) is 0. The summed E-state index contributed by atoms with van der Waals surface area (Å²) in [6.45, 7) is 0. The van der Waals surface area contributed by atoms with Gasteiger partial charge in [-0.25, -0.2) is 0 Å². The van der Waals surface area contributed by atoms with Crippen molar-refractivity contribution in [3.8, 4) is 27.9 Å². The summed E-state index contributed by atoms with van der Waals surface area (Å²) >= 11 is 1.90. The molecule has 11 aromatic rings. The van der Waals surface area contributed by atoms with E-state index in [0.29, 0.717) is 0 Å². The molecule has 2 heteroatoms. The summed E-state index contributed by atoms with van der Waals surface area (Å²) in [5.41, 5.74) is 8.55. The van der Waals surface area contributed by atoms with E-state index in [9.17, 15) is 0 Å². The Morgan fingerprint density at radius 3 is 1.58 bits per heavy atom. The molecule has 0 fully saturated rings. The van der Waals surface area contributed by atoms with Crippen molar-refractivity contribution in [1.29, 1.82) is 0 Å². The standard InChI is InChI=1S/C48H29NS/c1-2-17-37-35(15-1)36-16-3-4-18-38(36)44-29-33(23-24-39(37)44)31-12-9-11-30(27-31)32-13-10-14-34(28-32)49-45-21-7-5-19-40(45)42-25-26-43-41-20-6-8-22-46(41)50-48(43)47(42)49/h1-29H. The van der Waals surface area contributed by atoms with E-state index in [4.69, 9.17) is 0 Å². The summed E-state index contributed by atoms with van der Waals surface area (Å²) in [6, 6.07) is 64.9. The number of fused-ring (bicyclic) bond motifs is 13. The molecule has 0 atom stereocenters. The van der Waals surface area contributed by atoms with Crippen LogP contribution in [-0.4, -0.2) is 4.57 Å².